The van der Waals surface area contributed by atoms with Crippen LogP contribution in [0.1, 0.15) is 90.0 Å². The number of phenols is 1. The van der Waals surface area contributed by atoms with Gasteiger partial charge in [0.15, 0.2) is 0 Å². The Kier molecular flexibility index (Phi) is 10.3. The quantitative estimate of drug-likeness (QED) is 0.314. The van der Waals surface area contributed by atoms with Crippen LogP contribution in [0, 0.1) is 11.8 Å². The van der Waals surface area contributed by atoms with E-state index in [0.29, 0.717) is 25.4 Å². The van der Waals surface area contributed by atoms with Crippen LogP contribution in [0.4, 0.5) is 0 Å². The van der Waals surface area contributed by atoms with Gasteiger partial charge < -0.3 is 20.7 Å². The summed E-state index contributed by atoms with van der Waals surface area (Å²) in [6, 6.07) is 5.56. The third kappa shape index (κ3) is 9.86. The molecule has 0 heterocycles. The van der Waals surface area contributed by atoms with Gasteiger partial charge in [-0.25, -0.2) is 0 Å². The fraction of sp³-hybridized carbons (Fsp3) is 0.760. The number of unbranched alkanes of at least 4 members (excludes halogenated alkanes) is 5. The molecule has 1 unspecified atom stereocenters. The van der Waals surface area contributed by atoms with Gasteiger partial charge in [-0.1, -0.05) is 71.3 Å². The van der Waals surface area contributed by atoms with Gasteiger partial charge in [-0.05, 0) is 49.1 Å². The molecular formula is C25H43NO3. The van der Waals surface area contributed by atoms with E-state index in [2.05, 4.69) is 13.8 Å². The predicted molar refractivity (Wildman–Crippen MR) is 120 cm³/mol. The van der Waals surface area contributed by atoms with Crippen molar-refractivity contribution in [2.45, 2.75) is 96.4 Å². The summed E-state index contributed by atoms with van der Waals surface area (Å²) in [5, 5.41) is 20.0. The van der Waals surface area contributed by atoms with Crippen molar-refractivity contribution in [3.05, 3.63) is 23.8 Å². The second-order valence-corrected chi connectivity index (χ2v) is 9.61. The zero-order valence-electron chi connectivity index (χ0n) is 18.7. The molecule has 166 valence electrons. The third-order valence-electron chi connectivity index (χ3n) is 6.10. The van der Waals surface area contributed by atoms with Crippen molar-refractivity contribution in [1.29, 1.82) is 0 Å². The van der Waals surface area contributed by atoms with Gasteiger partial charge in [0.2, 0.25) is 0 Å². The number of hydrogen-bond donors (Lipinski definition) is 3. The molecule has 29 heavy (non-hydrogen) atoms. The summed E-state index contributed by atoms with van der Waals surface area (Å²) >= 11 is 0. The summed E-state index contributed by atoms with van der Waals surface area (Å²) in [7, 11) is 0. The van der Waals surface area contributed by atoms with Gasteiger partial charge in [-0.2, -0.15) is 0 Å². The number of ether oxygens (including phenoxy) is 1. The second kappa shape index (κ2) is 12.4. The molecule has 1 fully saturated rings. The number of benzene rings is 1. The maximum atomic E-state index is 10.3. The van der Waals surface area contributed by atoms with E-state index in [9.17, 15) is 10.2 Å². The Balaban J connectivity index is 1.62. The highest BCUT2D eigenvalue weighted by Crippen LogP contribution is 2.37. The molecule has 0 aliphatic heterocycles. The lowest BCUT2D eigenvalue weighted by Crippen LogP contribution is -2.44. The number of hydrogen-bond acceptors (Lipinski definition) is 4. The van der Waals surface area contributed by atoms with Gasteiger partial charge >= 0.3 is 0 Å². The van der Waals surface area contributed by atoms with Crippen molar-refractivity contribution >= 4 is 0 Å². The molecular weight excluding hydrogens is 362 g/mol. The zero-order valence-corrected chi connectivity index (χ0v) is 18.7. The molecule has 1 aromatic rings. The summed E-state index contributed by atoms with van der Waals surface area (Å²) < 4.78 is 5.80. The van der Waals surface area contributed by atoms with Crippen LogP contribution in [-0.2, 0) is 6.42 Å². The first-order chi connectivity index (χ1) is 13.9. The number of aliphatic hydroxyl groups is 1. The van der Waals surface area contributed by atoms with Crippen LogP contribution in [0.25, 0.3) is 0 Å². The van der Waals surface area contributed by atoms with Crippen LogP contribution in [-0.4, -0.2) is 29.0 Å². The van der Waals surface area contributed by atoms with Gasteiger partial charge in [0.25, 0.3) is 0 Å². The summed E-state index contributed by atoms with van der Waals surface area (Å²) in [6.45, 7) is 5.28. The Morgan fingerprint density at radius 3 is 2.41 bits per heavy atom. The highest BCUT2D eigenvalue weighted by atomic mass is 16.5. The molecule has 1 aliphatic rings. The molecule has 1 aliphatic carbocycles. The van der Waals surface area contributed by atoms with Gasteiger partial charge in [0, 0.05) is 11.6 Å². The summed E-state index contributed by atoms with van der Waals surface area (Å²) in [5.74, 6) is 2.49. The van der Waals surface area contributed by atoms with Crippen molar-refractivity contribution < 1.29 is 14.9 Å². The molecule has 0 amide bonds. The fourth-order valence-corrected chi connectivity index (χ4v) is 3.92. The largest absolute Gasteiger partial charge is 0.508 e. The molecule has 4 nitrogen and oxygen atoms in total. The number of rotatable bonds is 16. The van der Waals surface area contributed by atoms with Gasteiger partial charge in [0.05, 0.1) is 13.2 Å². The first kappa shape index (κ1) is 24.0. The van der Waals surface area contributed by atoms with Crippen LogP contribution in [0.15, 0.2) is 18.2 Å². The molecule has 1 atom stereocenters. The van der Waals surface area contributed by atoms with Crippen LogP contribution in [0.3, 0.4) is 0 Å². The molecule has 0 radical (unpaired) electrons. The van der Waals surface area contributed by atoms with Crippen molar-refractivity contribution in [1.82, 2.24) is 0 Å². The predicted octanol–water partition coefficient (Wildman–Crippen LogP) is 5.58. The van der Waals surface area contributed by atoms with E-state index in [0.717, 1.165) is 30.1 Å². The highest BCUT2D eigenvalue weighted by molar-refractivity contribution is 5.39. The molecule has 0 bridgehead atoms. The Morgan fingerprint density at radius 2 is 1.79 bits per heavy atom. The average molecular weight is 406 g/mol. The summed E-state index contributed by atoms with van der Waals surface area (Å²) in [5.41, 5.74) is 6.70. The molecule has 0 saturated heterocycles. The van der Waals surface area contributed by atoms with E-state index in [-0.39, 0.29) is 12.4 Å². The minimum absolute atomic E-state index is 0.00316. The smallest absolute Gasteiger partial charge is 0.122 e. The third-order valence-corrected chi connectivity index (χ3v) is 6.10. The number of phenolic OH excluding ortho intramolecular Hbond substituents is 1. The molecule has 1 aromatic carbocycles. The van der Waals surface area contributed by atoms with Gasteiger partial charge in [-0.3, -0.25) is 0 Å². The van der Waals surface area contributed by atoms with Crippen LogP contribution in [0.2, 0.25) is 0 Å². The fourth-order valence-electron chi connectivity index (χ4n) is 3.92. The average Bonchev–Trinajstić information content (AvgIpc) is 3.49. The Labute approximate surface area is 177 Å². The Morgan fingerprint density at radius 1 is 1.10 bits per heavy atom. The normalized spacial score (nSPS) is 16.2. The van der Waals surface area contributed by atoms with E-state index in [4.69, 9.17) is 10.5 Å². The van der Waals surface area contributed by atoms with Gasteiger partial charge in [-0.15, -0.1) is 0 Å². The molecule has 4 N–H and O–H groups in total. The summed E-state index contributed by atoms with van der Waals surface area (Å²) in [4.78, 5) is 0. The maximum absolute atomic E-state index is 10.3. The van der Waals surface area contributed by atoms with Crippen LogP contribution in [0.5, 0.6) is 11.5 Å². The van der Waals surface area contributed by atoms with Crippen LogP contribution >= 0.6 is 0 Å². The molecule has 0 spiro atoms. The van der Waals surface area contributed by atoms with Crippen molar-refractivity contribution in [3.8, 4) is 11.5 Å². The second-order valence-electron chi connectivity index (χ2n) is 9.61. The summed E-state index contributed by atoms with van der Waals surface area (Å²) in [6.07, 6.45) is 13.6. The maximum Gasteiger partial charge on any atom is 0.122 e. The lowest BCUT2D eigenvalue weighted by molar-refractivity contribution is 0.172. The van der Waals surface area contributed by atoms with E-state index in [1.54, 1.807) is 6.07 Å². The lowest BCUT2D eigenvalue weighted by Gasteiger charge is -2.27. The zero-order chi connectivity index (χ0) is 21.1. The van der Waals surface area contributed by atoms with Crippen molar-refractivity contribution in [2.75, 3.05) is 13.2 Å². The molecule has 0 aromatic heterocycles. The number of nitrogens with two attached hydrogens (primary N) is 1. The molecule has 4 heteroatoms. The van der Waals surface area contributed by atoms with E-state index >= 15 is 0 Å². The minimum Gasteiger partial charge on any atom is -0.508 e. The van der Waals surface area contributed by atoms with E-state index in [1.807, 2.05) is 12.1 Å². The first-order valence-electron chi connectivity index (χ1n) is 11.8. The SMILES string of the molecule is CC(C)CCCCCCCCOc1ccc(CCC(N)(CO)CC2CC2)c(O)c1. The van der Waals surface area contributed by atoms with Crippen molar-refractivity contribution in [2.24, 2.45) is 17.6 Å². The van der Waals surface area contributed by atoms with Gasteiger partial charge in [0.1, 0.15) is 11.5 Å². The number of aryl methyl sites for hydroxylation is 1. The minimum atomic E-state index is -0.530. The Hall–Kier alpha value is -1.26. The Bertz CT molecular complexity index is 585. The van der Waals surface area contributed by atoms with Crippen LogP contribution < -0.4 is 10.5 Å². The molecule has 2 rings (SSSR count). The standard InChI is InChI=1S/C25H43NO3/c1-20(2)9-7-5-3-4-6-8-16-29-23-13-12-22(24(28)17-23)14-15-25(26,19-27)18-21-10-11-21/h12-13,17,20-21,27-28H,3-11,14-16,18-19,26H2,1-2H3. The highest BCUT2D eigenvalue weighted by Gasteiger charge is 2.33. The number of aromatic hydroxyl groups is 1. The lowest BCUT2D eigenvalue weighted by atomic mass is 9.87. The number of aliphatic hydroxyl groups excluding tert-OH is 1. The monoisotopic (exact) mass is 405 g/mol. The molecule has 1 saturated carbocycles. The van der Waals surface area contributed by atoms with E-state index < -0.39 is 5.54 Å². The van der Waals surface area contributed by atoms with Crippen molar-refractivity contribution in [3.63, 3.8) is 0 Å². The van der Waals surface area contributed by atoms with E-state index in [1.165, 1.54) is 51.4 Å². The first-order valence-corrected chi connectivity index (χ1v) is 11.8. The topological polar surface area (TPSA) is 75.7 Å².